The lowest BCUT2D eigenvalue weighted by Gasteiger charge is -2.23. The quantitative estimate of drug-likeness (QED) is 0.261. The van der Waals surface area contributed by atoms with E-state index in [1.807, 2.05) is 49.4 Å². The van der Waals surface area contributed by atoms with Crippen molar-refractivity contribution >= 4 is 34.3 Å². The van der Waals surface area contributed by atoms with Crippen LogP contribution >= 0.6 is 11.6 Å². The number of aromatic nitrogens is 4. The van der Waals surface area contributed by atoms with Crippen LogP contribution in [0.5, 0.6) is 0 Å². The minimum atomic E-state index is -0.146. The number of hydrogen-bond donors (Lipinski definition) is 2. The van der Waals surface area contributed by atoms with Crippen molar-refractivity contribution in [2.24, 2.45) is 0 Å². The third-order valence-corrected chi connectivity index (χ3v) is 7.61. The van der Waals surface area contributed by atoms with Gasteiger partial charge in [0.15, 0.2) is 0 Å². The van der Waals surface area contributed by atoms with E-state index < -0.39 is 0 Å². The number of nitrogens with zero attached hydrogens (tertiary/aromatic N) is 4. The van der Waals surface area contributed by atoms with Crippen LogP contribution in [0.25, 0.3) is 33.4 Å². The van der Waals surface area contributed by atoms with Crippen LogP contribution in [-0.2, 0) is 6.54 Å². The molecule has 7 nitrogen and oxygen atoms in total. The third-order valence-electron chi connectivity index (χ3n) is 7.30. The van der Waals surface area contributed by atoms with Gasteiger partial charge >= 0.3 is 0 Å². The molecule has 8 heteroatoms. The highest BCUT2D eigenvalue weighted by Gasteiger charge is 2.17. The van der Waals surface area contributed by atoms with Gasteiger partial charge in [-0.3, -0.25) is 14.3 Å². The van der Waals surface area contributed by atoms with Gasteiger partial charge in [0.2, 0.25) is 5.95 Å². The molecule has 0 spiro atoms. The largest absolute Gasteiger partial charge is 0.324 e. The van der Waals surface area contributed by atoms with Crippen molar-refractivity contribution in [3.8, 4) is 22.4 Å². The smallest absolute Gasteiger partial charge is 0.260 e. The second kappa shape index (κ2) is 11.0. The lowest BCUT2D eigenvalue weighted by Crippen LogP contribution is -2.28. The van der Waals surface area contributed by atoms with E-state index in [4.69, 9.17) is 16.6 Å². The summed E-state index contributed by atoms with van der Waals surface area (Å²) in [6.07, 6.45) is 5.91. The second-order valence-electron chi connectivity index (χ2n) is 9.78. The molecule has 2 aromatic carbocycles. The van der Waals surface area contributed by atoms with Crippen LogP contribution in [0.4, 0.5) is 11.6 Å². The maximum absolute atomic E-state index is 13.6. The summed E-state index contributed by atoms with van der Waals surface area (Å²) >= 11 is 6.69. The highest BCUT2D eigenvalue weighted by Crippen LogP contribution is 2.32. The van der Waals surface area contributed by atoms with E-state index in [1.54, 1.807) is 17.0 Å². The number of benzene rings is 2. The van der Waals surface area contributed by atoms with Gasteiger partial charge in [-0.15, -0.1) is 0 Å². The maximum Gasteiger partial charge on any atom is 0.260 e. The number of anilines is 2. The number of nitrogens with one attached hydrogen (secondary N) is 2. The fraction of sp³-hybridized carbons (Fsp3) is 0.226. The minimum Gasteiger partial charge on any atom is -0.324 e. The Kier molecular flexibility index (Phi) is 7.09. The highest BCUT2D eigenvalue weighted by atomic mass is 35.5. The molecule has 196 valence electrons. The molecule has 39 heavy (non-hydrogen) atoms. The lowest BCUT2D eigenvalue weighted by molar-refractivity contribution is 0.461. The van der Waals surface area contributed by atoms with Crippen LogP contribution in [0, 0.1) is 0 Å². The Morgan fingerprint density at radius 1 is 1.05 bits per heavy atom. The van der Waals surface area contributed by atoms with Crippen molar-refractivity contribution in [3.63, 3.8) is 0 Å². The number of hydrogen-bond acceptors (Lipinski definition) is 6. The third kappa shape index (κ3) is 5.15. The fourth-order valence-corrected chi connectivity index (χ4v) is 5.52. The summed E-state index contributed by atoms with van der Waals surface area (Å²) in [5.41, 5.74) is 5.57. The first-order chi connectivity index (χ1) is 19.1. The number of aryl methyl sites for hydroxylation is 1. The Hall–Kier alpha value is -4.07. The Labute approximate surface area is 231 Å². The zero-order chi connectivity index (χ0) is 26.8. The topological polar surface area (TPSA) is 84.7 Å². The molecule has 0 saturated carbocycles. The predicted octanol–water partition coefficient (Wildman–Crippen LogP) is 6.40. The zero-order valence-electron chi connectivity index (χ0n) is 21.7. The standard InChI is InChI=1S/C31H29ClN6O/c1-2-38-29-23(16-26(30(38)39)25-13-10-21(17-27(25)32)28-7-3-4-15-34-28)19-35-31(37-29)36-24-11-8-20(9-12-24)22-6-5-14-33-18-22/h3-4,7-13,15-17,19,22,33H,2,5-6,14,18H2,1H3,(H,35,36,37). The van der Waals surface area contributed by atoms with Gasteiger partial charge in [-0.1, -0.05) is 41.9 Å². The molecule has 1 unspecified atom stereocenters. The number of piperidine rings is 1. The van der Waals surface area contributed by atoms with Gasteiger partial charge in [0.25, 0.3) is 5.56 Å². The number of rotatable bonds is 6. The van der Waals surface area contributed by atoms with E-state index in [2.05, 4.69) is 44.9 Å². The summed E-state index contributed by atoms with van der Waals surface area (Å²) in [6.45, 7) is 4.53. The number of pyridine rings is 2. The number of halogens is 1. The molecule has 0 bridgehead atoms. The molecule has 1 aliphatic rings. The van der Waals surface area contributed by atoms with Crippen molar-refractivity contribution in [2.75, 3.05) is 18.4 Å². The van der Waals surface area contributed by atoms with E-state index in [9.17, 15) is 4.79 Å². The Morgan fingerprint density at radius 2 is 1.92 bits per heavy atom. The molecule has 3 aromatic heterocycles. The van der Waals surface area contributed by atoms with Gasteiger partial charge in [0, 0.05) is 58.3 Å². The summed E-state index contributed by atoms with van der Waals surface area (Å²) in [5.74, 6) is 0.999. The first-order valence-electron chi connectivity index (χ1n) is 13.3. The minimum absolute atomic E-state index is 0.146. The van der Waals surface area contributed by atoms with E-state index in [0.29, 0.717) is 40.2 Å². The van der Waals surface area contributed by atoms with Crippen LogP contribution in [0.2, 0.25) is 5.02 Å². The van der Waals surface area contributed by atoms with E-state index in [0.717, 1.165) is 35.4 Å². The second-order valence-corrected chi connectivity index (χ2v) is 10.2. The van der Waals surface area contributed by atoms with E-state index in [-0.39, 0.29) is 5.56 Å². The average Bonchev–Trinajstić information content (AvgIpc) is 2.98. The summed E-state index contributed by atoms with van der Waals surface area (Å²) in [5, 5.41) is 8.02. The fourth-order valence-electron chi connectivity index (χ4n) is 5.24. The van der Waals surface area contributed by atoms with Crippen molar-refractivity contribution in [3.05, 3.63) is 100 Å². The van der Waals surface area contributed by atoms with Crippen molar-refractivity contribution < 1.29 is 0 Å². The van der Waals surface area contributed by atoms with Crippen LogP contribution in [0.15, 0.2) is 83.9 Å². The van der Waals surface area contributed by atoms with E-state index in [1.165, 1.54) is 18.4 Å². The van der Waals surface area contributed by atoms with Crippen LogP contribution < -0.4 is 16.2 Å². The van der Waals surface area contributed by atoms with Crippen molar-refractivity contribution in [1.29, 1.82) is 0 Å². The molecule has 0 amide bonds. The van der Waals surface area contributed by atoms with Crippen LogP contribution in [0.1, 0.15) is 31.2 Å². The SMILES string of the molecule is CCn1c(=O)c(-c2ccc(-c3ccccn3)cc2Cl)cc2cnc(Nc3ccc(C4CCCNC4)cc3)nc21. The molecule has 1 atom stereocenters. The van der Waals surface area contributed by atoms with Gasteiger partial charge in [-0.05, 0) is 74.2 Å². The van der Waals surface area contributed by atoms with Gasteiger partial charge in [-0.2, -0.15) is 4.98 Å². The Balaban J connectivity index is 1.30. The molecule has 4 heterocycles. The van der Waals surface area contributed by atoms with E-state index >= 15 is 0 Å². The highest BCUT2D eigenvalue weighted by molar-refractivity contribution is 6.33. The van der Waals surface area contributed by atoms with Gasteiger partial charge in [0.05, 0.1) is 5.69 Å². The monoisotopic (exact) mass is 536 g/mol. The normalized spacial score (nSPS) is 15.4. The summed E-state index contributed by atoms with van der Waals surface area (Å²) in [6, 6.07) is 21.7. The Morgan fingerprint density at radius 3 is 2.64 bits per heavy atom. The molecule has 6 rings (SSSR count). The molecule has 5 aromatic rings. The van der Waals surface area contributed by atoms with Crippen LogP contribution in [-0.4, -0.2) is 32.6 Å². The molecule has 0 radical (unpaired) electrons. The molecule has 1 fully saturated rings. The number of fused-ring (bicyclic) bond motifs is 1. The maximum atomic E-state index is 13.6. The summed E-state index contributed by atoms with van der Waals surface area (Å²) in [4.78, 5) is 27.2. The van der Waals surface area contributed by atoms with Crippen molar-refractivity contribution in [1.82, 2.24) is 24.8 Å². The summed E-state index contributed by atoms with van der Waals surface area (Å²) in [7, 11) is 0. The molecular formula is C31H29ClN6O. The molecule has 1 aliphatic heterocycles. The molecule has 1 saturated heterocycles. The lowest BCUT2D eigenvalue weighted by atomic mass is 9.92. The van der Waals surface area contributed by atoms with Gasteiger partial charge in [0.1, 0.15) is 5.65 Å². The molecule has 2 N–H and O–H groups in total. The Bertz CT molecular complexity index is 1680. The van der Waals surface area contributed by atoms with Crippen LogP contribution in [0.3, 0.4) is 0 Å². The average molecular weight is 537 g/mol. The first kappa shape index (κ1) is 25.2. The van der Waals surface area contributed by atoms with Crippen molar-refractivity contribution in [2.45, 2.75) is 32.2 Å². The first-order valence-corrected chi connectivity index (χ1v) is 13.7. The van der Waals surface area contributed by atoms with Gasteiger partial charge in [-0.25, -0.2) is 4.98 Å². The molecular weight excluding hydrogens is 508 g/mol. The predicted molar refractivity (Wildman–Crippen MR) is 158 cm³/mol. The van der Waals surface area contributed by atoms with Gasteiger partial charge < -0.3 is 10.6 Å². The zero-order valence-corrected chi connectivity index (χ0v) is 22.4. The summed E-state index contributed by atoms with van der Waals surface area (Å²) < 4.78 is 1.67. The molecule has 0 aliphatic carbocycles.